The number of amides is 1. The van der Waals surface area contributed by atoms with Crippen LogP contribution in [0.4, 0.5) is 5.69 Å². The van der Waals surface area contributed by atoms with Crippen molar-refractivity contribution in [2.45, 2.75) is 39.3 Å². The van der Waals surface area contributed by atoms with E-state index in [4.69, 9.17) is 0 Å². The van der Waals surface area contributed by atoms with E-state index < -0.39 is 4.92 Å². The molecule has 1 saturated heterocycles. The van der Waals surface area contributed by atoms with Crippen molar-refractivity contribution in [2.24, 2.45) is 0 Å². The van der Waals surface area contributed by atoms with Gasteiger partial charge in [-0.25, -0.2) is 0 Å². The zero-order valence-corrected chi connectivity index (χ0v) is 11.7. The summed E-state index contributed by atoms with van der Waals surface area (Å²) in [5.74, 6) is -0.0473. The molecule has 1 amide bonds. The van der Waals surface area contributed by atoms with Crippen LogP contribution in [0.2, 0.25) is 0 Å². The van der Waals surface area contributed by atoms with Crippen molar-refractivity contribution >= 4 is 11.6 Å². The Morgan fingerprint density at radius 3 is 2.90 bits per heavy atom. The molecule has 1 aliphatic rings. The Morgan fingerprint density at radius 2 is 2.35 bits per heavy atom. The molecule has 0 aromatic carbocycles. The molecule has 110 valence electrons. The second-order valence-corrected chi connectivity index (χ2v) is 5.01. The summed E-state index contributed by atoms with van der Waals surface area (Å²) in [6.07, 6.45) is 1.22. The summed E-state index contributed by atoms with van der Waals surface area (Å²) in [5, 5.41) is 21.1. The van der Waals surface area contributed by atoms with Gasteiger partial charge in [0.05, 0.1) is 11.5 Å². The third kappa shape index (κ3) is 3.13. The number of nitro groups is 1. The van der Waals surface area contributed by atoms with Crippen molar-refractivity contribution in [2.75, 3.05) is 13.1 Å². The molecule has 0 saturated carbocycles. The van der Waals surface area contributed by atoms with Crippen LogP contribution in [-0.2, 0) is 11.3 Å². The quantitative estimate of drug-likeness (QED) is 0.596. The van der Waals surface area contributed by atoms with Gasteiger partial charge in [-0.05, 0) is 26.8 Å². The monoisotopic (exact) mass is 281 g/mol. The highest BCUT2D eigenvalue weighted by Gasteiger charge is 2.22. The third-order valence-electron chi connectivity index (χ3n) is 3.50. The van der Waals surface area contributed by atoms with Crippen LogP contribution < -0.4 is 10.6 Å². The van der Waals surface area contributed by atoms with Crippen molar-refractivity contribution in [1.82, 2.24) is 20.4 Å². The second kappa shape index (κ2) is 6.00. The second-order valence-electron chi connectivity index (χ2n) is 5.01. The van der Waals surface area contributed by atoms with E-state index in [1.807, 2.05) is 0 Å². The molecule has 2 rings (SSSR count). The molecule has 0 aliphatic carbocycles. The number of nitrogens with zero attached hydrogens (tertiary/aromatic N) is 3. The molecule has 2 heterocycles. The molecule has 8 nitrogen and oxygen atoms in total. The molecule has 20 heavy (non-hydrogen) atoms. The Bertz CT molecular complexity index is 519. The van der Waals surface area contributed by atoms with Gasteiger partial charge in [0, 0.05) is 19.0 Å². The number of carbonyl (C=O) groups excluding carboxylic acids is 1. The van der Waals surface area contributed by atoms with Crippen LogP contribution >= 0.6 is 0 Å². The topological polar surface area (TPSA) is 102 Å². The van der Waals surface area contributed by atoms with Gasteiger partial charge in [0.25, 0.3) is 0 Å². The molecule has 1 atom stereocenters. The van der Waals surface area contributed by atoms with Crippen LogP contribution in [0.15, 0.2) is 0 Å². The van der Waals surface area contributed by atoms with E-state index in [1.54, 1.807) is 13.8 Å². The standard InChI is InChI=1S/C12H19N5O3/c1-8-12(17(19)20)9(2)16(15-8)6-4-11(18)14-10-3-5-13-7-10/h10,13H,3-7H2,1-2H3,(H,14,18). The number of hydrogen-bond donors (Lipinski definition) is 2. The van der Waals surface area contributed by atoms with Crippen molar-refractivity contribution in [3.63, 3.8) is 0 Å². The van der Waals surface area contributed by atoms with Gasteiger partial charge in [-0.15, -0.1) is 0 Å². The molecule has 0 radical (unpaired) electrons. The molecule has 1 aromatic heterocycles. The lowest BCUT2D eigenvalue weighted by Crippen LogP contribution is -2.36. The predicted octanol–water partition coefficient (Wildman–Crippen LogP) is 0.276. The molecule has 0 bridgehead atoms. The van der Waals surface area contributed by atoms with E-state index in [-0.39, 0.29) is 24.1 Å². The molecular weight excluding hydrogens is 262 g/mol. The number of hydrogen-bond acceptors (Lipinski definition) is 5. The SMILES string of the molecule is Cc1nn(CCC(=O)NC2CCNC2)c(C)c1[N+](=O)[O-]. The Hall–Kier alpha value is -1.96. The zero-order chi connectivity index (χ0) is 14.7. The van der Waals surface area contributed by atoms with Gasteiger partial charge in [-0.3, -0.25) is 19.6 Å². The molecule has 1 fully saturated rings. The lowest BCUT2D eigenvalue weighted by Gasteiger charge is -2.11. The van der Waals surface area contributed by atoms with Gasteiger partial charge in [0.2, 0.25) is 5.91 Å². The maximum atomic E-state index is 11.8. The minimum absolute atomic E-state index is 0.0328. The molecule has 8 heteroatoms. The summed E-state index contributed by atoms with van der Waals surface area (Å²) >= 11 is 0. The summed E-state index contributed by atoms with van der Waals surface area (Å²) in [5.41, 5.74) is 0.904. The van der Waals surface area contributed by atoms with E-state index in [0.717, 1.165) is 19.5 Å². The van der Waals surface area contributed by atoms with Gasteiger partial charge >= 0.3 is 5.69 Å². The summed E-state index contributed by atoms with van der Waals surface area (Å²) in [7, 11) is 0. The third-order valence-corrected chi connectivity index (χ3v) is 3.50. The van der Waals surface area contributed by atoms with Gasteiger partial charge in [0.15, 0.2) is 0 Å². The highest BCUT2D eigenvalue weighted by molar-refractivity contribution is 5.76. The molecular formula is C12H19N5O3. The molecule has 1 aliphatic heterocycles. The lowest BCUT2D eigenvalue weighted by atomic mass is 10.2. The van der Waals surface area contributed by atoms with Crippen LogP contribution in [0.3, 0.4) is 0 Å². The maximum Gasteiger partial charge on any atom is 0.312 e. The first-order valence-corrected chi connectivity index (χ1v) is 6.67. The van der Waals surface area contributed by atoms with Gasteiger partial charge in [-0.2, -0.15) is 5.10 Å². The summed E-state index contributed by atoms with van der Waals surface area (Å²) in [6.45, 7) is 5.33. The lowest BCUT2D eigenvalue weighted by molar-refractivity contribution is -0.386. The smallest absolute Gasteiger partial charge is 0.312 e. The average molecular weight is 281 g/mol. The maximum absolute atomic E-state index is 11.8. The van der Waals surface area contributed by atoms with E-state index in [1.165, 1.54) is 4.68 Å². The Balaban J connectivity index is 1.92. The first kappa shape index (κ1) is 14.4. The van der Waals surface area contributed by atoms with E-state index in [9.17, 15) is 14.9 Å². The number of aryl methyl sites for hydroxylation is 2. The minimum atomic E-state index is -0.432. The van der Waals surface area contributed by atoms with Crippen LogP contribution in [0.5, 0.6) is 0 Å². The van der Waals surface area contributed by atoms with Crippen molar-refractivity contribution in [3.05, 3.63) is 21.5 Å². The fourth-order valence-electron chi connectivity index (χ4n) is 2.45. The van der Waals surface area contributed by atoms with Crippen LogP contribution in [-0.4, -0.2) is 39.7 Å². The van der Waals surface area contributed by atoms with Gasteiger partial charge in [0.1, 0.15) is 11.4 Å². The first-order chi connectivity index (χ1) is 9.49. The minimum Gasteiger partial charge on any atom is -0.352 e. The number of carbonyl (C=O) groups is 1. The Morgan fingerprint density at radius 1 is 1.60 bits per heavy atom. The predicted molar refractivity (Wildman–Crippen MR) is 72.4 cm³/mol. The first-order valence-electron chi connectivity index (χ1n) is 6.67. The van der Waals surface area contributed by atoms with Crippen LogP contribution in [0.1, 0.15) is 24.2 Å². The fourth-order valence-corrected chi connectivity index (χ4v) is 2.45. The number of nitrogens with one attached hydrogen (secondary N) is 2. The zero-order valence-electron chi connectivity index (χ0n) is 11.7. The largest absolute Gasteiger partial charge is 0.352 e. The van der Waals surface area contributed by atoms with Crippen molar-refractivity contribution in [3.8, 4) is 0 Å². The van der Waals surface area contributed by atoms with Crippen molar-refractivity contribution in [1.29, 1.82) is 0 Å². The Kier molecular flexibility index (Phi) is 4.33. The van der Waals surface area contributed by atoms with E-state index in [2.05, 4.69) is 15.7 Å². The highest BCUT2D eigenvalue weighted by atomic mass is 16.6. The summed E-state index contributed by atoms with van der Waals surface area (Å²) in [4.78, 5) is 22.3. The summed E-state index contributed by atoms with van der Waals surface area (Å²) < 4.78 is 1.53. The molecule has 0 spiro atoms. The number of aromatic nitrogens is 2. The normalized spacial score (nSPS) is 18.2. The van der Waals surface area contributed by atoms with E-state index >= 15 is 0 Å². The molecule has 2 N–H and O–H groups in total. The highest BCUT2D eigenvalue weighted by Crippen LogP contribution is 2.21. The average Bonchev–Trinajstić information content (AvgIpc) is 2.95. The fraction of sp³-hybridized carbons (Fsp3) is 0.667. The molecule has 1 unspecified atom stereocenters. The van der Waals surface area contributed by atoms with E-state index in [0.29, 0.717) is 17.9 Å². The van der Waals surface area contributed by atoms with Crippen molar-refractivity contribution < 1.29 is 9.72 Å². The summed E-state index contributed by atoms with van der Waals surface area (Å²) in [6, 6.07) is 0.192. The van der Waals surface area contributed by atoms with Crippen LogP contribution in [0.25, 0.3) is 0 Å². The Labute approximate surface area is 116 Å². The van der Waals surface area contributed by atoms with Gasteiger partial charge in [-0.1, -0.05) is 0 Å². The molecule has 1 aromatic rings. The van der Waals surface area contributed by atoms with Crippen LogP contribution in [0, 0.1) is 24.0 Å². The number of rotatable bonds is 5. The van der Waals surface area contributed by atoms with Gasteiger partial charge < -0.3 is 10.6 Å².